The van der Waals surface area contributed by atoms with Gasteiger partial charge in [-0.2, -0.15) is 0 Å². The fraction of sp³-hybridized carbons (Fsp3) is 0.231. The molecular weight excluding hydrogens is 295 g/mol. The molecule has 0 bridgehead atoms. The Morgan fingerprint density at radius 1 is 1.06 bits per heavy atom. The lowest BCUT2D eigenvalue weighted by atomic mass is 10.0. The Morgan fingerprint density at radius 3 is 2.35 bits per heavy atom. The van der Waals surface area contributed by atoms with Crippen molar-refractivity contribution in [2.75, 3.05) is 0 Å². The van der Waals surface area contributed by atoms with Gasteiger partial charge in [-0.15, -0.1) is 22.9 Å². The van der Waals surface area contributed by atoms with Crippen molar-refractivity contribution in [3.8, 4) is 0 Å². The van der Waals surface area contributed by atoms with Gasteiger partial charge in [0, 0.05) is 9.90 Å². The average molecular weight is 306 g/mol. The van der Waals surface area contributed by atoms with E-state index in [2.05, 4.69) is 0 Å². The Bertz CT molecular complexity index is 526. The second kappa shape index (κ2) is 5.19. The first kappa shape index (κ1) is 13.2. The van der Waals surface area contributed by atoms with Gasteiger partial charge in [-0.25, -0.2) is 0 Å². The van der Waals surface area contributed by atoms with E-state index in [0.29, 0.717) is 5.02 Å². The van der Waals surface area contributed by atoms with Crippen LogP contribution in [-0.4, -0.2) is 0 Å². The Labute approximate surface area is 120 Å². The van der Waals surface area contributed by atoms with Crippen molar-refractivity contribution in [1.29, 1.82) is 0 Å². The third-order valence-corrected chi connectivity index (χ3v) is 5.10. The van der Waals surface area contributed by atoms with Gasteiger partial charge < -0.3 is 0 Å². The number of aryl methyl sites for hydroxylation is 2. The maximum Gasteiger partial charge on any atom is 0.0960 e. The standard InChI is InChI=1S/C13H11Cl3S/c1-7-3-4-9(14)6-10(7)12(15)11-5-8(2)13(16)17-11/h3-6,12H,1-2H3. The van der Waals surface area contributed by atoms with E-state index in [-0.39, 0.29) is 5.38 Å². The SMILES string of the molecule is Cc1ccc(Cl)cc1C(Cl)c1cc(C)c(Cl)s1. The summed E-state index contributed by atoms with van der Waals surface area (Å²) in [7, 11) is 0. The number of hydrogen-bond acceptors (Lipinski definition) is 1. The van der Waals surface area contributed by atoms with Crippen LogP contribution >= 0.6 is 46.1 Å². The lowest BCUT2D eigenvalue weighted by Crippen LogP contribution is -1.93. The quantitative estimate of drug-likeness (QED) is 0.597. The van der Waals surface area contributed by atoms with Gasteiger partial charge in [-0.3, -0.25) is 0 Å². The van der Waals surface area contributed by atoms with Gasteiger partial charge in [-0.1, -0.05) is 29.3 Å². The third-order valence-electron chi connectivity index (χ3n) is 2.64. The first-order chi connectivity index (χ1) is 7.99. The minimum atomic E-state index is -0.190. The first-order valence-corrected chi connectivity index (χ1v) is 7.16. The molecule has 0 nitrogen and oxygen atoms in total. The fourth-order valence-corrected chi connectivity index (χ4v) is 3.47. The summed E-state index contributed by atoms with van der Waals surface area (Å²) in [5.41, 5.74) is 3.24. The molecule has 0 amide bonds. The van der Waals surface area contributed by atoms with E-state index < -0.39 is 0 Å². The summed E-state index contributed by atoms with van der Waals surface area (Å²) in [4.78, 5) is 1.06. The molecule has 0 fully saturated rings. The van der Waals surface area contributed by atoms with Crippen molar-refractivity contribution in [3.05, 3.63) is 55.2 Å². The van der Waals surface area contributed by atoms with Crippen molar-refractivity contribution in [2.24, 2.45) is 0 Å². The Hall–Kier alpha value is -0.210. The van der Waals surface area contributed by atoms with E-state index in [1.807, 2.05) is 38.1 Å². The van der Waals surface area contributed by atoms with Crippen LogP contribution in [0.3, 0.4) is 0 Å². The number of halogens is 3. The van der Waals surface area contributed by atoms with Crippen LogP contribution in [0.1, 0.15) is 26.9 Å². The third kappa shape index (κ3) is 2.79. The lowest BCUT2D eigenvalue weighted by Gasteiger charge is -2.11. The van der Waals surface area contributed by atoms with E-state index >= 15 is 0 Å². The summed E-state index contributed by atoms with van der Waals surface area (Å²) < 4.78 is 0.797. The van der Waals surface area contributed by atoms with Crippen LogP contribution in [-0.2, 0) is 0 Å². The van der Waals surface area contributed by atoms with Gasteiger partial charge in [-0.05, 0) is 48.7 Å². The molecule has 0 saturated carbocycles. The Kier molecular flexibility index (Phi) is 4.04. The second-order valence-electron chi connectivity index (χ2n) is 3.97. The average Bonchev–Trinajstić information content (AvgIpc) is 2.62. The number of alkyl halides is 1. The van der Waals surface area contributed by atoms with Crippen molar-refractivity contribution in [2.45, 2.75) is 19.2 Å². The smallest absolute Gasteiger partial charge is 0.0960 e. The van der Waals surface area contributed by atoms with E-state index in [1.165, 1.54) is 11.3 Å². The van der Waals surface area contributed by atoms with Crippen molar-refractivity contribution >= 4 is 46.1 Å². The maximum atomic E-state index is 6.49. The lowest BCUT2D eigenvalue weighted by molar-refractivity contribution is 1.14. The van der Waals surface area contributed by atoms with Gasteiger partial charge in [0.15, 0.2) is 0 Å². The molecule has 0 spiro atoms. The summed E-state index contributed by atoms with van der Waals surface area (Å²) in [6.07, 6.45) is 0. The zero-order chi connectivity index (χ0) is 12.6. The number of benzene rings is 1. The molecule has 2 rings (SSSR count). The largest absolute Gasteiger partial charge is 0.126 e. The van der Waals surface area contributed by atoms with Crippen LogP contribution < -0.4 is 0 Å². The Balaban J connectivity index is 2.42. The summed E-state index contributed by atoms with van der Waals surface area (Å²) in [6.45, 7) is 4.01. The van der Waals surface area contributed by atoms with E-state index in [1.54, 1.807) is 0 Å². The van der Waals surface area contributed by atoms with E-state index in [4.69, 9.17) is 34.8 Å². The molecule has 0 N–H and O–H groups in total. The second-order valence-corrected chi connectivity index (χ2v) is 6.53. The molecule has 0 saturated heterocycles. The number of hydrogen-bond donors (Lipinski definition) is 0. The zero-order valence-electron chi connectivity index (χ0n) is 9.43. The summed E-state index contributed by atoms with van der Waals surface area (Å²) in [5.74, 6) is 0. The monoisotopic (exact) mass is 304 g/mol. The molecule has 90 valence electrons. The molecule has 0 aliphatic heterocycles. The predicted molar refractivity (Wildman–Crippen MR) is 78.0 cm³/mol. The van der Waals surface area contributed by atoms with Gasteiger partial charge in [0.2, 0.25) is 0 Å². The van der Waals surface area contributed by atoms with Crippen LogP contribution in [0, 0.1) is 13.8 Å². The van der Waals surface area contributed by atoms with Crippen LogP contribution in [0.2, 0.25) is 9.36 Å². The first-order valence-electron chi connectivity index (χ1n) is 5.15. The molecule has 17 heavy (non-hydrogen) atoms. The van der Waals surface area contributed by atoms with Gasteiger partial charge in [0.1, 0.15) is 0 Å². The van der Waals surface area contributed by atoms with Crippen molar-refractivity contribution in [1.82, 2.24) is 0 Å². The molecule has 1 heterocycles. The van der Waals surface area contributed by atoms with E-state index in [0.717, 1.165) is 25.9 Å². The molecule has 1 atom stereocenters. The minimum absolute atomic E-state index is 0.190. The molecule has 0 radical (unpaired) electrons. The zero-order valence-corrected chi connectivity index (χ0v) is 12.5. The van der Waals surface area contributed by atoms with Crippen LogP contribution in [0.5, 0.6) is 0 Å². The molecule has 1 aromatic heterocycles. The molecule has 2 aromatic rings. The summed E-state index contributed by atoms with van der Waals surface area (Å²) in [6, 6.07) is 7.80. The molecule has 4 heteroatoms. The summed E-state index contributed by atoms with van der Waals surface area (Å²) in [5, 5.41) is 0.514. The highest BCUT2D eigenvalue weighted by molar-refractivity contribution is 7.16. The van der Waals surface area contributed by atoms with Gasteiger partial charge >= 0.3 is 0 Å². The van der Waals surface area contributed by atoms with Crippen molar-refractivity contribution in [3.63, 3.8) is 0 Å². The number of thiophene rings is 1. The molecular formula is C13H11Cl3S. The molecule has 0 aliphatic carbocycles. The summed E-state index contributed by atoms with van der Waals surface area (Å²) >= 11 is 20.1. The normalized spacial score (nSPS) is 12.8. The predicted octanol–water partition coefficient (Wildman–Crippen LogP) is 6.00. The highest BCUT2D eigenvalue weighted by atomic mass is 35.5. The fourth-order valence-electron chi connectivity index (χ4n) is 1.65. The van der Waals surface area contributed by atoms with Crippen molar-refractivity contribution < 1.29 is 0 Å². The molecule has 0 aliphatic rings. The minimum Gasteiger partial charge on any atom is -0.126 e. The van der Waals surface area contributed by atoms with Crippen LogP contribution in [0.15, 0.2) is 24.3 Å². The topological polar surface area (TPSA) is 0 Å². The van der Waals surface area contributed by atoms with Gasteiger partial charge in [0.05, 0.1) is 9.71 Å². The number of rotatable bonds is 2. The van der Waals surface area contributed by atoms with E-state index in [9.17, 15) is 0 Å². The van der Waals surface area contributed by atoms with Gasteiger partial charge in [0.25, 0.3) is 0 Å². The highest BCUT2D eigenvalue weighted by Crippen LogP contribution is 2.39. The Morgan fingerprint density at radius 2 is 1.76 bits per heavy atom. The van der Waals surface area contributed by atoms with Crippen LogP contribution in [0.25, 0.3) is 0 Å². The van der Waals surface area contributed by atoms with Crippen LogP contribution in [0.4, 0.5) is 0 Å². The highest BCUT2D eigenvalue weighted by Gasteiger charge is 2.17. The molecule has 1 aromatic carbocycles. The molecule has 1 unspecified atom stereocenters. The maximum absolute atomic E-state index is 6.49.